The predicted molar refractivity (Wildman–Crippen MR) is 124 cm³/mol. The Labute approximate surface area is 200 Å². The fourth-order valence-electron chi connectivity index (χ4n) is 3.87. The number of aromatic nitrogens is 1. The summed E-state index contributed by atoms with van der Waals surface area (Å²) in [7, 11) is 4.37. The van der Waals surface area contributed by atoms with Crippen LogP contribution < -0.4 is 19.1 Å². The number of amides is 1. The Morgan fingerprint density at radius 1 is 1.03 bits per heavy atom. The Morgan fingerprint density at radius 2 is 1.65 bits per heavy atom. The molecule has 9 nitrogen and oxygen atoms in total. The van der Waals surface area contributed by atoms with Gasteiger partial charge in [-0.05, 0) is 48.9 Å². The maximum Gasteiger partial charge on any atom is 0.301 e. The number of anilines is 1. The number of benzene rings is 2. The number of methoxy groups -OCH3 is 3. The summed E-state index contributed by atoms with van der Waals surface area (Å²) in [4.78, 5) is 27.6. The molecule has 0 spiro atoms. The van der Waals surface area contributed by atoms with Crippen LogP contribution in [0.3, 0.4) is 0 Å². The lowest BCUT2D eigenvalue weighted by Crippen LogP contribution is -2.29. The van der Waals surface area contributed by atoms with Crippen molar-refractivity contribution in [3.8, 4) is 17.2 Å². The van der Waals surface area contributed by atoms with Crippen LogP contribution in [0.1, 0.15) is 22.9 Å². The highest BCUT2D eigenvalue weighted by Crippen LogP contribution is 2.47. The van der Waals surface area contributed by atoms with Crippen molar-refractivity contribution in [2.24, 2.45) is 0 Å². The molecule has 2 heterocycles. The number of ketones is 1. The number of hydrogen-bond donors (Lipinski definition) is 1. The van der Waals surface area contributed by atoms with Crippen molar-refractivity contribution in [3.05, 3.63) is 69.9 Å². The van der Waals surface area contributed by atoms with Gasteiger partial charge in [0.15, 0.2) is 17.3 Å². The lowest BCUT2D eigenvalue weighted by atomic mass is 9.94. The number of rotatable bonds is 6. The maximum atomic E-state index is 13.2. The SMILES string of the molecule is COc1cc(C2C(=C(O)c3ccc(Cl)cc3)C(=O)C(=O)N2c2cc(C)on2)cc(OC)c1OC. The summed E-state index contributed by atoms with van der Waals surface area (Å²) in [5.41, 5.74) is 0.600. The van der Waals surface area contributed by atoms with Gasteiger partial charge in [-0.3, -0.25) is 14.5 Å². The highest BCUT2D eigenvalue weighted by molar-refractivity contribution is 6.51. The third-order valence-electron chi connectivity index (χ3n) is 5.43. The molecule has 10 heteroatoms. The predicted octanol–water partition coefficient (Wildman–Crippen LogP) is 4.29. The van der Waals surface area contributed by atoms with Gasteiger partial charge in [0.25, 0.3) is 5.78 Å². The van der Waals surface area contributed by atoms with Gasteiger partial charge < -0.3 is 23.8 Å². The minimum absolute atomic E-state index is 0.119. The van der Waals surface area contributed by atoms with E-state index in [0.717, 1.165) is 0 Å². The number of nitrogens with zero attached hydrogens (tertiary/aromatic N) is 2. The number of halogens is 1. The molecule has 1 atom stereocenters. The molecule has 3 aromatic rings. The summed E-state index contributed by atoms with van der Waals surface area (Å²) in [6.45, 7) is 1.66. The van der Waals surface area contributed by atoms with Crippen molar-refractivity contribution in [3.63, 3.8) is 0 Å². The third-order valence-corrected chi connectivity index (χ3v) is 5.68. The van der Waals surface area contributed by atoms with Crippen LogP contribution in [0.5, 0.6) is 17.2 Å². The zero-order valence-corrected chi connectivity index (χ0v) is 19.5. The van der Waals surface area contributed by atoms with Gasteiger partial charge in [-0.15, -0.1) is 0 Å². The summed E-state index contributed by atoms with van der Waals surface area (Å²) in [6.07, 6.45) is 0. The standard InChI is InChI=1S/C24H21ClN2O7/c1-12-9-18(26-34-12)27-20(14-10-16(31-2)23(33-4)17(11-14)32-3)19(22(29)24(27)30)21(28)13-5-7-15(25)8-6-13/h5-11,20,28H,1-4H3. The Hall–Kier alpha value is -3.98. The lowest BCUT2D eigenvalue weighted by molar-refractivity contribution is -0.132. The molecule has 1 fully saturated rings. The summed E-state index contributed by atoms with van der Waals surface area (Å²) in [5, 5.41) is 15.5. The van der Waals surface area contributed by atoms with E-state index in [-0.39, 0.29) is 17.2 Å². The van der Waals surface area contributed by atoms with Crippen LogP contribution in [0.4, 0.5) is 5.82 Å². The Bertz CT molecular complexity index is 1270. The van der Waals surface area contributed by atoms with E-state index in [4.69, 9.17) is 30.3 Å². The molecule has 1 N–H and O–H groups in total. The van der Waals surface area contributed by atoms with E-state index in [9.17, 15) is 14.7 Å². The highest BCUT2D eigenvalue weighted by Gasteiger charge is 2.48. The second-order valence-corrected chi connectivity index (χ2v) is 7.87. The van der Waals surface area contributed by atoms with Crippen LogP contribution in [-0.2, 0) is 9.59 Å². The molecule has 0 saturated carbocycles. The lowest BCUT2D eigenvalue weighted by Gasteiger charge is -2.24. The zero-order chi connectivity index (χ0) is 24.6. The molecule has 1 saturated heterocycles. The molecular formula is C24H21ClN2O7. The number of carbonyl (C=O) groups is 2. The molecule has 4 rings (SSSR count). The molecule has 0 bridgehead atoms. The van der Waals surface area contributed by atoms with E-state index in [1.165, 1.54) is 32.3 Å². The Kier molecular flexibility index (Phi) is 6.21. The molecule has 0 aliphatic carbocycles. The van der Waals surface area contributed by atoms with Crippen LogP contribution in [0.2, 0.25) is 5.02 Å². The summed E-state index contributed by atoms with van der Waals surface area (Å²) >= 11 is 5.97. The quantitative estimate of drug-likeness (QED) is 0.313. The van der Waals surface area contributed by atoms with E-state index in [1.54, 1.807) is 43.3 Å². The van der Waals surface area contributed by atoms with E-state index in [1.807, 2.05) is 0 Å². The molecule has 1 aliphatic rings. The van der Waals surface area contributed by atoms with Gasteiger partial charge in [-0.2, -0.15) is 0 Å². The number of hydrogen-bond acceptors (Lipinski definition) is 8. The summed E-state index contributed by atoms with van der Waals surface area (Å²) in [5.74, 6) is -0.603. The fourth-order valence-corrected chi connectivity index (χ4v) is 4.00. The Morgan fingerprint density at radius 3 is 2.15 bits per heavy atom. The molecule has 1 aliphatic heterocycles. The van der Waals surface area contributed by atoms with Gasteiger partial charge in [0.05, 0.1) is 32.9 Å². The van der Waals surface area contributed by atoms with Crippen LogP contribution in [0.15, 0.2) is 52.6 Å². The minimum Gasteiger partial charge on any atom is -0.507 e. The molecule has 34 heavy (non-hydrogen) atoms. The van der Waals surface area contributed by atoms with Gasteiger partial charge in [-0.1, -0.05) is 16.8 Å². The molecule has 176 valence electrons. The molecule has 2 aromatic carbocycles. The van der Waals surface area contributed by atoms with Crippen LogP contribution in [0, 0.1) is 6.92 Å². The zero-order valence-electron chi connectivity index (χ0n) is 18.8. The van der Waals surface area contributed by atoms with E-state index in [0.29, 0.717) is 39.2 Å². The first-order chi connectivity index (χ1) is 16.3. The van der Waals surface area contributed by atoms with Crippen molar-refractivity contribution in [2.45, 2.75) is 13.0 Å². The van der Waals surface area contributed by atoms with Crippen molar-refractivity contribution < 1.29 is 33.4 Å². The van der Waals surface area contributed by atoms with Gasteiger partial charge in [0, 0.05) is 16.7 Å². The summed E-state index contributed by atoms with van der Waals surface area (Å²) < 4.78 is 21.4. The monoisotopic (exact) mass is 484 g/mol. The van der Waals surface area contributed by atoms with Crippen molar-refractivity contribution in [1.82, 2.24) is 5.16 Å². The molecule has 1 amide bonds. The topological polar surface area (TPSA) is 111 Å². The number of Topliss-reactive ketones (excluding diaryl/α,β-unsaturated/α-hetero) is 1. The maximum absolute atomic E-state index is 13.2. The minimum atomic E-state index is -1.06. The van der Waals surface area contributed by atoms with Gasteiger partial charge in [-0.25, -0.2) is 0 Å². The number of aliphatic hydroxyl groups is 1. The van der Waals surface area contributed by atoms with E-state index in [2.05, 4.69) is 5.16 Å². The highest BCUT2D eigenvalue weighted by atomic mass is 35.5. The van der Waals surface area contributed by atoms with Gasteiger partial charge in [0.1, 0.15) is 11.5 Å². The number of ether oxygens (including phenoxy) is 3. The average Bonchev–Trinajstić information content (AvgIpc) is 3.38. The van der Waals surface area contributed by atoms with E-state index >= 15 is 0 Å². The molecular weight excluding hydrogens is 464 g/mol. The molecule has 1 aromatic heterocycles. The van der Waals surface area contributed by atoms with Crippen LogP contribution in [0.25, 0.3) is 5.76 Å². The van der Waals surface area contributed by atoms with Gasteiger partial charge in [0.2, 0.25) is 5.75 Å². The third kappa shape index (κ3) is 3.84. The second-order valence-electron chi connectivity index (χ2n) is 7.43. The number of carbonyl (C=O) groups excluding carboxylic acids is 2. The number of aliphatic hydroxyl groups excluding tert-OH is 1. The van der Waals surface area contributed by atoms with Crippen LogP contribution >= 0.6 is 11.6 Å². The van der Waals surface area contributed by atoms with Crippen LogP contribution in [-0.4, -0.2) is 43.3 Å². The first-order valence-corrected chi connectivity index (χ1v) is 10.5. The largest absolute Gasteiger partial charge is 0.507 e. The number of aryl methyl sites for hydroxylation is 1. The smallest absolute Gasteiger partial charge is 0.301 e. The van der Waals surface area contributed by atoms with Gasteiger partial charge >= 0.3 is 5.91 Å². The average molecular weight is 485 g/mol. The first kappa shape index (κ1) is 23.2. The molecule has 0 radical (unpaired) electrons. The first-order valence-electron chi connectivity index (χ1n) is 10.1. The van der Waals surface area contributed by atoms with Crippen molar-refractivity contribution in [1.29, 1.82) is 0 Å². The van der Waals surface area contributed by atoms with E-state index < -0.39 is 17.7 Å². The Balaban J connectivity index is 2.00. The molecule has 1 unspecified atom stereocenters. The second kappa shape index (κ2) is 9.11. The van der Waals surface area contributed by atoms with Crippen molar-refractivity contribution >= 4 is 34.9 Å². The normalized spacial score (nSPS) is 17.2. The summed E-state index contributed by atoms with van der Waals surface area (Å²) in [6, 6.07) is 9.92. The van der Waals surface area contributed by atoms with Crippen molar-refractivity contribution in [2.75, 3.05) is 26.2 Å². The fraction of sp³-hybridized carbons (Fsp3) is 0.208.